The van der Waals surface area contributed by atoms with Crippen molar-refractivity contribution in [3.05, 3.63) is 29.3 Å². The Kier molecular flexibility index (Phi) is 5.59. The van der Waals surface area contributed by atoms with Gasteiger partial charge in [0, 0.05) is 12.2 Å². The third kappa shape index (κ3) is 4.67. The maximum atomic E-state index is 12.8. The molecular formula is C14H15F3N2O2. The summed E-state index contributed by atoms with van der Waals surface area (Å²) in [5.74, 6) is -0.912. The average Bonchev–Trinajstić information content (AvgIpc) is 2.43. The third-order valence-corrected chi connectivity index (χ3v) is 2.75. The number of benzene rings is 1. The minimum absolute atomic E-state index is 0.141. The molecule has 0 saturated carbocycles. The zero-order valence-corrected chi connectivity index (χ0v) is 11.6. The van der Waals surface area contributed by atoms with Crippen molar-refractivity contribution in [3.8, 4) is 6.07 Å². The fourth-order valence-electron chi connectivity index (χ4n) is 1.63. The fourth-order valence-corrected chi connectivity index (χ4v) is 1.63. The van der Waals surface area contributed by atoms with Gasteiger partial charge in [0.2, 0.25) is 0 Å². The highest BCUT2D eigenvalue weighted by molar-refractivity contribution is 5.72. The second-order valence-electron chi connectivity index (χ2n) is 4.40. The standard InChI is InChI=1S/C14H15F3N2O2/c1-3-21-13(20)9(2)8-19-11-5-4-10(7-18)12(6-11)14(15,16)17/h4-6,9,19H,3,8H2,1-2H3. The van der Waals surface area contributed by atoms with Crippen LogP contribution in [0.1, 0.15) is 25.0 Å². The minimum Gasteiger partial charge on any atom is -0.466 e. The van der Waals surface area contributed by atoms with Crippen LogP contribution in [0.5, 0.6) is 0 Å². The van der Waals surface area contributed by atoms with Gasteiger partial charge in [0.15, 0.2) is 0 Å². The molecule has 0 fully saturated rings. The molecule has 1 aromatic rings. The SMILES string of the molecule is CCOC(=O)C(C)CNc1ccc(C#N)c(C(F)(F)F)c1. The largest absolute Gasteiger partial charge is 0.466 e. The van der Waals surface area contributed by atoms with E-state index in [0.717, 1.165) is 12.1 Å². The Balaban J connectivity index is 2.82. The van der Waals surface area contributed by atoms with Gasteiger partial charge < -0.3 is 10.1 Å². The van der Waals surface area contributed by atoms with Crippen LogP contribution in [0.4, 0.5) is 18.9 Å². The molecule has 1 aromatic carbocycles. The monoisotopic (exact) mass is 300 g/mol. The first-order valence-electron chi connectivity index (χ1n) is 6.31. The van der Waals surface area contributed by atoms with Crippen molar-refractivity contribution >= 4 is 11.7 Å². The number of anilines is 1. The van der Waals surface area contributed by atoms with Crippen LogP contribution in [0.2, 0.25) is 0 Å². The number of hydrogen-bond acceptors (Lipinski definition) is 4. The summed E-state index contributed by atoms with van der Waals surface area (Å²) >= 11 is 0. The molecule has 1 rings (SSSR count). The van der Waals surface area contributed by atoms with Gasteiger partial charge in [-0.25, -0.2) is 0 Å². The Hall–Kier alpha value is -2.23. The smallest absolute Gasteiger partial charge is 0.417 e. The second-order valence-corrected chi connectivity index (χ2v) is 4.40. The van der Waals surface area contributed by atoms with E-state index in [9.17, 15) is 18.0 Å². The normalized spacial score (nSPS) is 12.4. The molecule has 0 aromatic heterocycles. The lowest BCUT2D eigenvalue weighted by Crippen LogP contribution is -2.22. The lowest BCUT2D eigenvalue weighted by molar-refractivity contribution is -0.146. The van der Waals surface area contributed by atoms with Crippen molar-refractivity contribution < 1.29 is 22.7 Å². The fraction of sp³-hybridized carbons (Fsp3) is 0.429. The molecule has 0 aliphatic heterocycles. The molecule has 1 atom stereocenters. The molecule has 0 saturated heterocycles. The van der Waals surface area contributed by atoms with Crippen molar-refractivity contribution in [1.82, 2.24) is 0 Å². The number of nitriles is 1. The zero-order valence-electron chi connectivity index (χ0n) is 11.6. The first-order chi connectivity index (χ1) is 9.79. The number of nitrogens with zero attached hydrogens (tertiary/aromatic N) is 1. The summed E-state index contributed by atoms with van der Waals surface area (Å²) in [6, 6.07) is 4.83. The van der Waals surface area contributed by atoms with Crippen molar-refractivity contribution in [2.45, 2.75) is 20.0 Å². The van der Waals surface area contributed by atoms with Crippen LogP contribution < -0.4 is 5.32 Å². The Morgan fingerprint density at radius 2 is 2.14 bits per heavy atom. The molecule has 0 aliphatic rings. The van der Waals surface area contributed by atoms with Gasteiger partial charge in [-0.3, -0.25) is 4.79 Å². The summed E-state index contributed by atoms with van der Waals surface area (Å²) in [6.45, 7) is 3.67. The van der Waals surface area contributed by atoms with Gasteiger partial charge in [-0.05, 0) is 25.1 Å². The van der Waals surface area contributed by atoms with E-state index in [0.29, 0.717) is 0 Å². The average molecular weight is 300 g/mol. The predicted octanol–water partition coefficient (Wildman–Crippen LogP) is 3.19. The van der Waals surface area contributed by atoms with Gasteiger partial charge in [-0.1, -0.05) is 6.92 Å². The topological polar surface area (TPSA) is 62.1 Å². The molecule has 1 unspecified atom stereocenters. The Morgan fingerprint density at radius 3 is 2.67 bits per heavy atom. The molecule has 0 aliphatic carbocycles. The molecular weight excluding hydrogens is 285 g/mol. The van der Waals surface area contributed by atoms with Crippen LogP contribution in [0, 0.1) is 17.2 Å². The van der Waals surface area contributed by atoms with Crippen LogP contribution in [0.25, 0.3) is 0 Å². The van der Waals surface area contributed by atoms with Crippen LogP contribution >= 0.6 is 0 Å². The summed E-state index contributed by atoms with van der Waals surface area (Å²) in [5.41, 5.74) is -1.25. The number of esters is 1. The van der Waals surface area contributed by atoms with E-state index in [1.165, 1.54) is 12.1 Å². The van der Waals surface area contributed by atoms with Crippen LogP contribution in [0.15, 0.2) is 18.2 Å². The molecule has 0 bridgehead atoms. The number of ether oxygens (including phenoxy) is 1. The van der Waals surface area contributed by atoms with E-state index in [-0.39, 0.29) is 18.8 Å². The lowest BCUT2D eigenvalue weighted by atomic mass is 10.1. The Morgan fingerprint density at radius 1 is 1.48 bits per heavy atom. The van der Waals surface area contributed by atoms with Crippen molar-refractivity contribution in [3.63, 3.8) is 0 Å². The number of halogens is 3. The first kappa shape index (κ1) is 16.8. The van der Waals surface area contributed by atoms with Crippen molar-refractivity contribution in [2.24, 2.45) is 5.92 Å². The maximum absolute atomic E-state index is 12.8. The van der Waals surface area contributed by atoms with E-state index < -0.39 is 29.2 Å². The van der Waals surface area contributed by atoms with Gasteiger partial charge in [0.25, 0.3) is 0 Å². The van der Waals surface area contributed by atoms with Crippen molar-refractivity contribution in [1.29, 1.82) is 5.26 Å². The minimum atomic E-state index is -4.60. The zero-order chi connectivity index (χ0) is 16.0. The number of hydrogen-bond donors (Lipinski definition) is 1. The molecule has 0 radical (unpaired) electrons. The lowest BCUT2D eigenvalue weighted by Gasteiger charge is -2.14. The molecule has 21 heavy (non-hydrogen) atoms. The number of nitrogens with one attached hydrogen (secondary N) is 1. The molecule has 0 spiro atoms. The van der Waals surface area contributed by atoms with Gasteiger partial charge in [0.05, 0.1) is 29.7 Å². The third-order valence-electron chi connectivity index (χ3n) is 2.75. The summed E-state index contributed by atoms with van der Waals surface area (Å²) < 4.78 is 43.2. The quantitative estimate of drug-likeness (QED) is 0.848. The van der Waals surface area contributed by atoms with Crippen LogP contribution in [0.3, 0.4) is 0 Å². The number of rotatable bonds is 5. The molecule has 114 valence electrons. The first-order valence-corrected chi connectivity index (χ1v) is 6.31. The van der Waals surface area contributed by atoms with Gasteiger partial charge >= 0.3 is 12.1 Å². The molecule has 1 N–H and O–H groups in total. The molecule has 0 amide bonds. The predicted molar refractivity (Wildman–Crippen MR) is 70.4 cm³/mol. The Bertz CT molecular complexity index is 550. The van der Waals surface area contributed by atoms with Crippen LogP contribution in [-0.4, -0.2) is 19.1 Å². The maximum Gasteiger partial charge on any atom is 0.417 e. The van der Waals surface area contributed by atoms with E-state index >= 15 is 0 Å². The van der Waals surface area contributed by atoms with E-state index in [4.69, 9.17) is 10.00 Å². The van der Waals surface area contributed by atoms with E-state index in [1.807, 2.05) is 0 Å². The van der Waals surface area contributed by atoms with Gasteiger partial charge in [0.1, 0.15) is 0 Å². The highest BCUT2D eigenvalue weighted by Crippen LogP contribution is 2.33. The number of alkyl halides is 3. The summed E-state index contributed by atoms with van der Waals surface area (Å²) in [6.07, 6.45) is -4.60. The highest BCUT2D eigenvalue weighted by Gasteiger charge is 2.33. The van der Waals surface area contributed by atoms with E-state index in [2.05, 4.69) is 5.32 Å². The number of carbonyl (C=O) groups is 1. The van der Waals surface area contributed by atoms with E-state index in [1.54, 1.807) is 13.8 Å². The number of carbonyl (C=O) groups excluding carboxylic acids is 1. The van der Waals surface area contributed by atoms with Gasteiger partial charge in [-0.15, -0.1) is 0 Å². The van der Waals surface area contributed by atoms with Gasteiger partial charge in [-0.2, -0.15) is 18.4 Å². The summed E-state index contributed by atoms with van der Waals surface area (Å²) in [4.78, 5) is 11.4. The Labute approximate surface area is 120 Å². The summed E-state index contributed by atoms with van der Waals surface area (Å²) in [7, 11) is 0. The molecule has 7 heteroatoms. The molecule has 0 heterocycles. The van der Waals surface area contributed by atoms with Crippen molar-refractivity contribution in [2.75, 3.05) is 18.5 Å². The van der Waals surface area contributed by atoms with Crippen LogP contribution in [-0.2, 0) is 15.7 Å². The summed E-state index contributed by atoms with van der Waals surface area (Å²) in [5, 5.41) is 11.4. The molecule has 4 nitrogen and oxygen atoms in total. The highest BCUT2D eigenvalue weighted by atomic mass is 19.4. The second kappa shape index (κ2) is 6.97.